The normalized spacial score (nSPS) is 13.5. The number of anilines is 1. The van der Waals surface area contributed by atoms with Crippen molar-refractivity contribution in [1.82, 2.24) is 9.88 Å². The summed E-state index contributed by atoms with van der Waals surface area (Å²) < 4.78 is 10.7. The Bertz CT molecular complexity index is 745. The molecule has 3 rings (SSSR count). The van der Waals surface area contributed by atoms with Crippen LogP contribution in [0.1, 0.15) is 23.2 Å². The number of fused-ring (bicyclic) bond motifs is 1. The molecule has 2 heterocycles. The largest absolute Gasteiger partial charge is 0.493 e. The van der Waals surface area contributed by atoms with E-state index in [1.807, 2.05) is 22.4 Å². The molecule has 1 aromatic carbocycles. The highest BCUT2D eigenvalue weighted by Crippen LogP contribution is 2.33. The highest BCUT2D eigenvalue weighted by Gasteiger charge is 2.22. The first kappa shape index (κ1) is 16.6. The average Bonchev–Trinajstić information content (AvgIpc) is 3.03. The van der Waals surface area contributed by atoms with Gasteiger partial charge in [-0.3, -0.25) is 4.79 Å². The van der Waals surface area contributed by atoms with Crippen LogP contribution in [-0.4, -0.2) is 36.6 Å². The Labute approximate surface area is 145 Å². The van der Waals surface area contributed by atoms with Crippen LogP contribution in [0.4, 0.5) is 5.13 Å². The molecule has 0 spiro atoms. The van der Waals surface area contributed by atoms with E-state index in [-0.39, 0.29) is 5.91 Å². The average molecular weight is 347 g/mol. The van der Waals surface area contributed by atoms with E-state index >= 15 is 0 Å². The van der Waals surface area contributed by atoms with Crippen molar-refractivity contribution in [3.63, 3.8) is 0 Å². The minimum Gasteiger partial charge on any atom is -0.493 e. The van der Waals surface area contributed by atoms with Gasteiger partial charge in [-0.2, -0.15) is 0 Å². The van der Waals surface area contributed by atoms with Crippen LogP contribution in [0.15, 0.2) is 17.5 Å². The fraction of sp³-hybridized carbons (Fsp3) is 0.412. The molecule has 0 aliphatic carbocycles. The second-order valence-electron chi connectivity index (χ2n) is 5.72. The number of carbonyl (C=O) groups excluding carboxylic acids is 1. The van der Waals surface area contributed by atoms with Gasteiger partial charge in [-0.1, -0.05) is 0 Å². The number of carbonyl (C=O) groups is 1. The molecule has 2 aromatic rings. The number of amides is 1. The third-order valence-electron chi connectivity index (χ3n) is 4.24. The number of aryl methyl sites for hydroxylation is 1. The molecule has 24 heavy (non-hydrogen) atoms. The molecule has 2 N–H and O–H groups in total. The molecule has 1 aliphatic heterocycles. The molecule has 1 amide bonds. The van der Waals surface area contributed by atoms with Gasteiger partial charge < -0.3 is 20.1 Å². The second kappa shape index (κ2) is 7.09. The third-order valence-corrected chi connectivity index (χ3v) is 4.96. The van der Waals surface area contributed by atoms with E-state index < -0.39 is 0 Å². The number of aromatic nitrogens is 1. The zero-order valence-corrected chi connectivity index (χ0v) is 14.7. The van der Waals surface area contributed by atoms with Crippen molar-refractivity contribution >= 4 is 22.4 Å². The molecule has 0 saturated carbocycles. The first-order valence-corrected chi connectivity index (χ1v) is 8.70. The van der Waals surface area contributed by atoms with Gasteiger partial charge in [-0.15, -0.1) is 11.3 Å². The van der Waals surface area contributed by atoms with Crippen LogP contribution >= 0.6 is 11.3 Å². The van der Waals surface area contributed by atoms with Gasteiger partial charge in [0.25, 0.3) is 0 Å². The summed E-state index contributed by atoms with van der Waals surface area (Å²) in [7, 11) is 3.25. The van der Waals surface area contributed by atoms with Crippen LogP contribution in [0.25, 0.3) is 0 Å². The van der Waals surface area contributed by atoms with Crippen molar-refractivity contribution in [3.8, 4) is 11.5 Å². The van der Waals surface area contributed by atoms with Crippen LogP contribution in [-0.2, 0) is 24.2 Å². The van der Waals surface area contributed by atoms with Gasteiger partial charge in [0.05, 0.1) is 19.9 Å². The first-order chi connectivity index (χ1) is 11.6. The molecular formula is C17H21N3O3S. The van der Waals surface area contributed by atoms with Gasteiger partial charge in [0.1, 0.15) is 0 Å². The van der Waals surface area contributed by atoms with Gasteiger partial charge in [0.15, 0.2) is 16.6 Å². The lowest BCUT2D eigenvalue weighted by atomic mass is 9.98. The predicted molar refractivity (Wildman–Crippen MR) is 93.5 cm³/mol. The monoisotopic (exact) mass is 347 g/mol. The smallest absolute Gasteiger partial charge is 0.223 e. The van der Waals surface area contributed by atoms with E-state index in [0.717, 1.165) is 30.0 Å². The molecule has 0 atom stereocenters. The maximum absolute atomic E-state index is 12.5. The van der Waals surface area contributed by atoms with E-state index in [1.165, 1.54) is 16.9 Å². The van der Waals surface area contributed by atoms with E-state index in [2.05, 4.69) is 4.98 Å². The quantitative estimate of drug-likeness (QED) is 0.898. The number of nitrogens with zero attached hydrogens (tertiary/aromatic N) is 2. The second-order valence-corrected chi connectivity index (χ2v) is 6.61. The molecular weight excluding hydrogens is 326 g/mol. The van der Waals surface area contributed by atoms with Gasteiger partial charge in [0.2, 0.25) is 5.91 Å². The Morgan fingerprint density at radius 3 is 2.62 bits per heavy atom. The molecule has 0 radical (unpaired) electrons. The SMILES string of the molecule is COc1cc2c(cc1OC)CN(C(=O)CCc1csc(N)n1)CC2. The van der Waals surface area contributed by atoms with Crippen molar-refractivity contribution in [3.05, 3.63) is 34.3 Å². The van der Waals surface area contributed by atoms with Crippen molar-refractivity contribution in [2.24, 2.45) is 0 Å². The standard InChI is InChI=1S/C17H21N3O3S/c1-22-14-7-11-5-6-20(9-12(11)8-15(14)23-2)16(21)4-3-13-10-24-17(18)19-13/h7-8,10H,3-6,9H2,1-2H3,(H2,18,19). The van der Waals surface area contributed by atoms with Crippen LogP contribution in [0.3, 0.4) is 0 Å². The number of hydrogen-bond acceptors (Lipinski definition) is 6. The number of ether oxygens (including phenoxy) is 2. The molecule has 7 heteroatoms. The molecule has 0 unspecified atom stereocenters. The topological polar surface area (TPSA) is 77.7 Å². The summed E-state index contributed by atoms with van der Waals surface area (Å²) in [4.78, 5) is 18.6. The molecule has 128 valence electrons. The zero-order chi connectivity index (χ0) is 17.1. The number of rotatable bonds is 5. The number of benzene rings is 1. The lowest BCUT2D eigenvalue weighted by Gasteiger charge is -2.29. The van der Waals surface area contributed by atoms with Gasteiger partial charge >= 0.3 is 0 Å². The van der Waals surface area contributed by atoms with Crippen LogP contribution < -0.4 is 15.2 Å². The Balaban J connectivity index is 1.66. The predicted octanol–water partition coefficient (Wildman–Crippen LogP) is 2.26. The zero-order valence-electron chi connectivity index (χ0n) is 13.9. The Morgan fingerprint density at radius 2 is 2.00 bits per heavy atom. The third kappa shape index (κ3) is 3.46. The fourth-order valence-electron chi connectivity index (χ4n) is 2.93. The highest BCUT2D eigenvalue weighted by atomic mass is 32.1. The van der Waals surface area contributed by atoms with Crippen LogP contribution in [0.5, 0.6) is 11.5 Å². The van der Waals surface area contributed by atoms with Gasteiger partial charge in [-0.05, 0) is 36.1 Å². The van der Waals surface area contributed by atoms with E-state index in [9.17, 15) is 4.79 Å². The number of nitrogen functional groups attached to an aromatic ring is 1. The fourth-order valence-corrected chi connectivity index (χ4v) is 3.52. The lowest BCUT2D eigenvalue weighted by Crippen LogP contribution is -2.36. The Hall–Kier alpha value is -2.28. The number of methoxy groups -OCH3 is 2. The first-order valence-electron chi connectivity index (χ1n) is 7.82. The molecule has 0 bridgehead atoms. The van der Waals surface area contributed by atoms with Gasteiger partial charge in [-0.25, -0.2) is 4.98 Å². The van der Waals surface area contributed by atoms with Crippen molar-refractivity contribution in [2.45, 2.75) is 25.8 Å². The Kier molecular flexibility index (Phi) is 4.89. The summed E-state index contributed by atoms with van der Waals surface area (Å²) in [5, 5.41) is 2.45. The summed E-state index contributed by atoms with van der Waals surface area (Å²) in [6, 6.07) is 3.97. The number of nitrogens with two attached hydrogens (primary N) is 1. The summed E-state index contributed by atoms with van der Waals surface area (Å²) in [6.07, 6.45) is 1.90. The number of thiazole rings is 1. The maximum Gasteiger partial charge on any atom is 0.223 e. The summed E-state index contributed by atoms with van der Waals surface area (Å²) in [6.45, 7) is 1.33. The van der Waals surface area contributed by atoms with Crippen molar-refractivity contribution in [1.29, 1.82) is 0 Å². The lowest BCUT2D eigenvalue weighted by molar-refractivity contribution is -0.132. The van der Waals surface area contributed by atoms with Crippen LogP contribution in [0.2, 0.25) is 0 Å². The molecule has 0 fully saturated rings. The number of hydrogen-bond donors (Lipinski definition) is 1. The molecule has 6 nitrogen and oxygen atoms in total. The van der Waals surface area contributed by atoms with Crippen LogP contribution in [0, 0.1) is 0 Å². The van der Waals surface area contributed by atoms with Crippen molar-refractivity contribution in [2.75, 3.05) is 26.5 Å². The van der Waals surface area contributed by atoms with Gasteiger partial charge in [0, 0.05) is 24.9 Å². The van der Waals surface area contributed by atoms with E-state index in [0.29, 0.717) is 30.3 Å². The maximum atomic E-state index is 12.5. The van der Waals surface area contributed by atoms with E-state index in [4.69, 9.17) is 15.2 Å². The minimum absolute atomic E-state index is 0.141. The van der Waals surface area contributed by atoms with E-state index in [1.54, 1.807) is 14.2 Å². The summed E-state index contributed by atoms with van der Waals surface area (Å²) >= 11 is 1.41. The minimum atomic E-state index is 0.141. The Morgan fingerprint density at radius 1 is 1.29 bits per heavy atom. The summed E-state index contributed by atoms with van der Waals surface area (Å²) in [5.74, 6) is 1.57. The van der Waals surface area contributed by atoms with Crippen molar-refractivity contribution < 1.29 is 14.3 Å². The summed E-state index contributed by atoms with van der Waals surface area (Å²) in [5.41, 5.74) is 8.83. The molecule has 1 aromatic heterocycles. The molecule has 1 aliphatic rings. The molecule has 0 saturated heterocycles. The highest BCUT2D eigenvalue weighted by molar-refractivity contribution is 7.13.